The Labute approximate surface area is 103 Å². The van der Waals surface area contributed by atoms with E-state index < -0.39 is 0 Å². The lowest BCUT2D eigenvalue weighted by Gasteiger charge is -2.32. The van der Waals surface area contributed by atoms with Gasteiger partial charge in [-0.15, -0.1) is 0 Å². The van der Waals surface area contributed by atoms with Crippen molar-refractivity contribution in [1.82, 2.24) is 20.4 Å². The van der Waals surface area contributed by atoms with E-state index in [-0.39, 0.29) is 6.04 Å². The maximum atomic E-state index is 5.31. The first-order valence-electron chi connectivity index (χ1n) is 6.51. The quantitative estimate of drug-likeness (QED) is 0.868. The lowest BCUT2D eigenvalue weighted by molar-refractivity contribution is 0.147. The maximum Gasteiger partial charge on any atom is 0.243 e. The average Bonchev–Trinajstić information content (AvgIpc) is 2.87. The molecule has 1 aromatic heterocycles. The first kappa shape index (κ1) is 12.5. The van der Waals surface area contributed by atoms with E-state index in [1.165, 1.54) is 12.8 Å². The Morgan fingerprint density at radius 2 is 2.35 bits per heavy atom. The van der Waals surface area contributed by atoms with Gasteiger partial charge in [0, 0.05) is 0 Å². The molecule has 1 aliphatic rings. The summed E-state index contributed by atoms with van der Waals surface area (Å²) in [6.45, 7) is 6.41. The van der Waals surface area contributed by atoms with Crippen LogP contribution in [0.15, 0.2) is 4.52 Å². The minimum atomic E-state index is 0.120. The monoisotopic (exact) mass is 238 g/mol. The molecule has 0 radical (unpaired) electrons. The van der Waals surface area contributed by atoms with E-state index >= 15 is 0 Å². The van der Waals surface area contributed by atoms with Gasteiger partial charge in [-0.25, -0.2) is 0 Å². The van der Waals surface area contributed by atoms with Crippen molar-refractivity contribution in [2.24, 2.45) is 0 Å². The van der Waals surface area contributed by atoms with Gasteiger partial charge in [0.2, 0.25) is 5.89 Å². The molecule has 0 aromatic carbocycles. The molecule has 0 aliphatic carbocycles. The Morgan fingerprint density at radius 1 is 1.53 bits per heavy atom. The standard InChI is InChI=1S/C12H22N4O/c1-4-16-8-6-5-7-10(16)11-14-12(17-15-11)9(2)13-3/h9-10,13H,4-8H2,1-3H3. The normalized spacial score (nSPS) is 23.8. The molecule has 1 N–H and O–H groups in total. The van der Waals surface area contributed by atoms with Crippen LogP contribution in [0, 0.1) is 0 Å². The second-order valence-corrected chi connectivity index (χ2v) is 4.64. The summed E-state index contributed by atoms with van der Waals surface area (Å²) in [5.41, 5.74) is 0. The van der Waals surface area contributed by atoms with Crippen molar-refractivity contribution in [3.05, 3.63) is 11.7 Å². The van der Waals surface area contributed by atoms with E-state index in [1.54, 1.807) is 0 Å². The van der Waals surface area contributed by atoms with Gasteiger partial charge >= 0.3 is 0 Å². The van der Waals surface area contributed by atoms with Crippen molar-refractivity contribution in [2.45, 2.75) is 45.2 Å². The molecule has 96 valence electrons. The number of likely N-dealkylation sites (tertiary alicyclic amines) is 1. The molecule has 0 bridgehead atoms. The smallest absolute Gasteiger partial charge is 0.243 e. The average molecular weight is 238 g/mol. The van der Waals surface area contributed by atoms with E-state index in [9.17, 15) is 0 Å². The van der Waals surface area contributed by atoms with Crippen molar-refractivity contribution in [1.29, 1.82) is 0 Å². The Hall–Kier alpha value is -0.940. The van der Waals surface area contributed by atoms with E-state index in [4.69, 9.17) is 4.52 Å². The molecule has 1 fully saturated rings. The van der Waals surface area contributed by atoms with Crippen LogP contribution in [0.2, 0.25) is 0 Å². The largest absolute Gasteiger partial charge is 0.338 e. The van der Waals surface area contributed by atoms with E-state index in [1.807, 2.05) is 14.0 Å². The van der Waals surface area contributed by atoms with Gasteiger partial charge in [0.25, 0.3) is 0 Å². The summed E-state index contributed by atoms with van der Waals surface area (Å²) in [6, 6.07) is 0.463. The number of hydrogen-bond acceptors (Lipinski definition) is 5. The first-order valence-corrected chi connectivity index (χ1v) is 6.51. The fraction of sp³-hybridized carbons (Fsp3) is 0.833. The second-order valence-electron chi connectivity index (χ2n) is 4.64. The molecule has 0 amide bonds. The third-order valence-corrected chi connectivity index (χ3v) is 3.58. The summed E-state index contributed by atoms with van der Waals surface area (Å²) >= 11 is 0. The Bertz CT molecular complexity index is 352. The van der Waals surface area contributed by atoms with Crippen LogP contribution in [0.1, 0.15) is 56.9 Å². The molecule has 5 heteroatoms. The molecule has 2 unspecified atom stereocenters. The van der Waals surface area contributed by atoms with Crippen molar-refractivity contribution >= 4 is 0 Å². The molecule has 0 spiro atoms. The third kappa shape index (κ3) is 2.66. The first-order chi connectivity index (χ1) is 8.26. The zero-order chi connectivity index (χ0) is 12.3. The number of hydrogen-bond donors (Lipinski definition) is 1. The SMILES string of the molecule is CCN1CCCCC1c1noc(C(C)NC)n1. The van der Waals surface area contributed by atoms with E-state index in [0.29, 0.717) is 11.9 Å². The van der Waals surface area contributed by atoms with Crippen LogP contribution < -0.4 is 5.32 Å². The van der Waals surface area contributed by atoms with Gasteiger partial charge < -0.3 is 9.84 Å². The van der Waals surface area contributed by atoms with Crippen LogP contribution in [0.3, 0.4) is 0 Å². The van der Waals surface area contributed by atoms with Crippen LogP contribution in [-0.2, 0) is 0 Å². The highest BCUT2D eigenvalue weighted by atomic mass is 16.5. The highest BCUT2D eigenvalue weighted by molar-refractivity contribution is 4.98. The zero-order valence-corrected chi connectivity index (χ0v) is 10.9. The lowest BCUT2D eigenvalue weighted by atomic mass is 10.0. The molecular formula is C12H22N4O. The molecule has 17 heavy (non-hydrogen) atoms. The van der Waals surface area contributed by atoms with Gasteiger partial charge in [-0.1, -0.05) is 18.5 Å². The molecule has 5 nitrogen and oxygen atoms in total. The van der Waals surface area contributed by atoms with Crippen molar-refractivity contribution in [3.8, 4) is 0 Å². The number of aromatic nitrogens is 2. The number of nitrogens with zero attached hydrogens (tertiary/aromatic N) is 3. The van der Waals surface area contributed by atoms with Crippen LogP contribution in [0.5, 0.6) is 0 Å². The summed E-state index contributed by atoms with van der Waals surface area (Å²) in [6.07, 6.45) is 3.68. The number of nitrogens with one attached hydrogen (secondary N) is 1. The predicted octanol–water partition coefficient (Wildman–Crippen LogP) is 1.90. The highest BCUT2D eigenvalue weighted by Crippen LogP contribution is 2.29. The van der Waals surface area contributed by atoms with Crippen LogP contribution in [0.4, 0.5) is 0 Å². The van der Waals surface area contributed by atoms with Gasteiger partial charge in [0.15, 0.2) is 5.82 Å². The zero-order valence-electron chi connectivity index (χ0n) is 10.9. The predicted molar refractivity (Wildman–Crippen MR) is 65.6 cm³/mol. The van der Waals surface area contributed by atoms with E-state index in [0.717, 1.165) is 25.3 Å². The molecular weight excluding hydrogens is 216 g/mol. The molecule has 2 atom stereocenters. The maximum absolute atomic E-state index is 5.31. The van der Waals surface area contributed by atoms with Crippen molar-refractivity contribution < 1.29 is 4.52 Å². The van der Waals surface area contributed by atoms with Gasteiger partial charge in [0.05, 0.1) is 12.1 Å². The Kier molecular flexibility index (Phi) is 4.12. The van der Waals surface area contributed by atoms with Crippen LogP contribution in [0.25, 0.3) is 0 Å². The van der Waals surface area contributed by atoms with Gasteiger partial charge in [-0.3, -0.25) is 4.90 Å². The van der Waals surface area contributed by atoms with Gasteiger partial charge in [0.1, 0.15) is 0 Å². The van der Waals surface area contributed by atoms with Crippen LogP contribution >= 0.6 is 0 Å². The fourth-order valence-electron chi connectivity index (χ4n) is 2.34. The lowest BCUT2D eigenvalue weighted by Crippen LogP contribution is -2.33. The molecule has 0 saturated carbocycles. The topological polar surface area (TPSA) is 54.2 Å². The van der Waals surface area contributed by atoms with Gasteiger partial charge in [-0.05, 0) is 39.9 Å². The molecule has 1 aromatic rings. The summed E-state index contributed by atoms with van der Waals surface area (Å²) in [4.78, 5) is 6.95. The molecule has 1 aliphatic heterocycles. The van der Waals surface area contributed by atoms with Gasteiger partial charge in [-0.2, -0.15) is 4.98 Å². The summed E-state index contributed by atoms with van der Waals surface area (Å²) < 4.78 is 5.31. The third-order valence-electron chi connectivity index (χ3n) is 3.58. The van der Waals surface area contributed by atoms with Crippen molar-refractivity contribution in [2.75, 3.05) is 20.1 Å². The Balaban J connectivity index is 2.12. The summed E-state index contributed by atoms with van der Waals surface area (Å²) in [5, 5.41) is 7.25. The minimum Gasteiger partial charge on any atom is -0.338 e. The fourth-order valence-corrected chi connectivity index (χ4v) is 2.34. The Morgan fingerprint density at radius 3 is 3.06 bits per heavy atom. The second kappa shape index (κ2) is 5.60. The number of rotatable bonds is 4. The number of piperidine rings is 1. The highest BCUT2D eigenvalue weighted by Gasteiger charge is 2.27. The van der Waals surface area contributed by atoms with Crippen LogP contribution in [-0.4, -0.2) is 35.2 Å². The summed E-state index contributed by atoms with van der Waals surface area (Å²) in [5.74, 6) is 1.53. The van der Waals surface area contributed by atoms with Crippen molar-refractivity contribution in [3.63, 3.8) is 0 Å². The molecule has 2 rings (SSSR count). The minimum absolute atomic E-state index is 0.120. The molecule has 2 heterocycles. The van der Waals surface area contributed by atoms with E-state index in [2.05, 4.69) is 27.3 Å². The molecule has 1 saturated heterocycles. The summed E-state index contributed by atoms with van der Waals surface area (Å²) in [7, 11) is 1.90.